The smallest absolute Gasteiger partial charge is 0.118 e. The summed E-state index contributed by atoms with van der Waals surface area (Å²) in [5.41, 5.74) is 2.66. The number of ether oxygens (including phenoxy) is 1. The fourth-order valence-corrected chi connectivity index (χ4v) is 3.67. The third-order valence-corrected chi connectivity index (χ3v) is 5.12. The van der Waals surface area contributed by atoms with Gasteiger partial charge in [-0.1, -0.05) is 12.1 Å². The summed E-state index contributed by atoms with van der Waals surface area (Å²) in [7, 11) is 3.94. The minimum Gasteiger partial charge on any atom is -0.497 e. The highest BCUT2D eigenvalue weighted by atomic mass is 16.5. The second kappa shape index (κ2) is 7.77. The Kier molecular flexibility index (Phi) is 5.48. The average Bonchev–Trinajstić information content (AvgIpc) is 3.01. The molecule has 3 atom stereocenters. The monoisotopic (exact) mass is 325 g/mol. The van der Waals surface area contributed by atoms with E-state index >= 15 is 0 Å². The van der Waals surface area contributed by atoms with Crippen molar-refractivity contribution in [2.24, 2.45) is 5.92 Å². The highest BCUT2D eigenvalue weighted by Crippen LogP contribution is 2.36. The molecule has 2 heterocycles. The van der Waals surface area contributed by atoms with Crippen LogP contribution in [0.3, 0.4) is 0 Å². The molecule has 1 aromatic heterocycles. The van der Waals surface area contributed by atoms with Crippen molar-refractivity contribution in [2.75, 3.05) is 27.2 Å². The summed E-state index contributed by atoms with van der Waals surface area (Å²) in [6, 6.07) is 13.5. The van der Waals surface area contributed by atoms with Gasteiger partial charge in [-0.3, -0.25) is 9.88 Å². The summed E-state index contributed by atoms with van der Waals surface area (Å²) in [4.78, 5) is 6.56. The average molecular weight is 325 g/mol. The summed E-state index contributed by atoms with van der Waals surface area (Å²) in [6.45, 7) is 4.38. The molecule has 0 saturated carbocycles. The quantitative estimate of drug-likeness (QED) is 0.883. The van der Waals surface area contributed by atoms with Crippen LogP contribution in [-0.4, -0.2) is 37.1 Å². The Hall–Kier alpha value is -1.91. The first kappa shape index (κ1) is 16.9. The number of nitrogens with zero attached hydrogens (tertiary/aromatic N) is 2. The number of rotatable bonds is 6. The van der Waals surface area contributed by atoms with Gasteiger partial charge in [-0.05, 0) is 68.2 Å². The van der Waals surface area contributed by atoms with Crippen LogP contribution in [0.25, 0.3) is 0 Å². The van der Waals surface area contributed by atoms with Crippen LogP contribution in [0.1, 0.15) is 36.6 Å². The van der Waals surface area contributed by atoms with Crippen LogP contribution < -0.4 is 10.1 Å². The van der Waals surface area contributed by atoms with Crippen LogP contribution in [0.2, 0.25) is 0 Å². The van der Waals surface area contributed by atoms with Gasteiger partial charge in [0.25, 0.3) is 0 Å². The Morgan fingerprint density at radius 1 is 1.21 bits per heavy atom. The van der Waals surface area contributed by atoms with Crippen molar-refractivity contribution >= 4 is 0 Å². The van der Waals surface area contributed by atoms with Crippen molar-refractivity contribution in [3.63, 3.8) is 0 Å². The first-order valence-corrected chi connectivity index (χ1v) is 8.66. The molecule has 0 unspecified atom stereocenters. The Bertz CT molecular complexity index is 629. The Morgan fingerprint density at radius 2 is 1.92 bits per heavy atom. The van der Waals surface area contributed by atoms with Crippen molar-refractivity contribution in [2.45, 2.75) is 25.4 Å². The Morgan fingerprint density at radius 3 is 2.58 bits per heavy atom. The number of hydrogen-bond donors (Lipinski definition) is 1. The fraction of sp³-hybridized carbons (Fsp3) is 0.450. The lowest BCUT2D eigenvalue weighted by atomic mass is 9.93. The molecule has 0 radical (unpaired) electrons. The van der Waals surface area contributed by atoms with E-state index in [0.717, 1.165) is 18.8 Å². The topological polar surface area (TPSA) is 37.4 Å². The SMILES string of the molecule is COc1ccc([C@@H]2[C@H](CN[C@@H](C)c3ccncc3)CCN2C)cc1. The van der Waals surface area contributed by atoms with Crippen LogP contribution >= 0.6 is 0 Å². The van der Waals surface area contributed by atoms with Gasteiger partial charge in [-0.15, -0.1) is 0 Å². The van der Waals surface area contributed by atoms with Crippen LogP contribution in [0.15, 0.2) is 48.8 Å². The molecule has 0 bridgehead atoms. The molecule has 1 aliphatic rings. The van der Waals surface area contributed by atoms with E-state index in [2.05, 4.69) is 65.6 Å². The van der Waals surface area contributed by atoms with Crippen LogP contribution in [0, 0.1) is 5.92 Å². The van der Waals surface area contributed by atoms with Gasteiger partial charge in [0.15, 0.2) is 0 Å². The highest BCUT2D eigenvalue weighted by Gasteiger charge is 2.32. The molecular formula is C20H27N3O. The molecule has 3 rings (SSSR count). The van der Waals surface area contributed by atoms with Gasteiger partial charge in [-0.2, -0.15) is 0 Å². The molecule has 1 aliphatic heterocycles. The maximum absolute atomic E-state index is 5.28. The van der Waals surface area contributed by atoms with E-state index in [1.165, 1.54) is 17.5 Å². The standard InChI is InChI=1S/C20H27N3O/c1-15(16-8-11-21-12-9-16)22-14-18-10-13-23(2)20(18)17-4-6-19(24-3)7-5-17/h4-9,11-12,15,18,20,22H,10,13-14H2,1-3H3/t15-,18-,20+/m0/s1. The van der Waals surface area contributed by atoms with Crippen LogP contribution in [0.5, 0.6) is 5.75 Å². The zero-order chi connectivity index (χ0) is 16.9. The number of hydrogen-bond acceptors (Lipinski definition) is 4. The summed E-state index contributed by atoms with van der Waals surface area (Å²) in [6.07, 6.45) is 4.94. The van der Waals surface area contributed by atoms with E-state index in [-0.39, 0.29) is 0 Å². The lowest BCUT2D eigenvalue weighted by molar-refractivity contribution is 0.268. The maximum Gasteiger partial charge on any atom is 0.118 e. The van der Waals surface area contributed by atoms with Gasteiger partial charge in [0, 0.05) is 31.0 Å². The molecule has 2 aromatic rings. The minimum atomic E-state index is 0.343. The second-order valence-electron chi connectivity index (χ2n) is 6.66. The van der Waals surface area contributed by atoms with E-state index in [1.807, 2.05) is 12.4 Å². The normalized spacial score (nSPS) is 22.5. The lowest BCUT2D eigenvalue weighted by Gasteiger charge is -2.27. The number of nitrogens with one attached hydrogen (secondary N) is 1. The summed E-state index contributed by atoms with van der Waals surface area (Å²) in [5, 5.41) is 3.70. The molecule has 128 valence electrons. The number of methoxy groups -OCH3 is 1. The zero-order valence-electron chi connectivity index (χ0n) is 14.8. The Labute approximate surface area is 144 Å². The first-order valence-electron chi connectivity index (χ1n) is 8.66. The molecule has 1 saturated heterocycles. The number of benzene rings is 1. The maximum atomic E-state index is 5.28. The molecule has 4 nitrogen and oxygen atoms in total. The van der Waals surface area contributed by atoms with Crippen molar-refractivity contribution in [3.05, 3.63) is 59.9 Å². The largest absolute Gasteiger partial charge is 0.497 e. The summed E-state index contributed by atoms with van der Waals surface area (Å²) >= 11 is 0. The van der Waals surface area contributed by atoms with Gasteiger partial charge in [0.05, 0.1) is 7.11 Å². The Balaban J connectivity index is 1.65. The predicted molar refractivity (Wildman–Crippen MR) is 97.1 cm³/mol. The predicted octanol–water partition coefficient (Wildman–Crippen LogP) is 3.43. The molecule has 0 amide bonds. The number of pyridine rings is 1. The summed E-state index contributed by atoms with van der Waals surface area (Å²) < 4.78 is 5.28. The molecule has 4 heteroatoms. The van der Waals surface area contributed by atoms with Crippen molar-refractivity contribution < 1.29 is 4.74 Å². The molecule has 0 aliphatic carbocycles. The van der Waals surface area contributed by atoms with Crippen LogP contribution in [-0.2, 0) is 0 Å². The van der Waals surface area contributed by atoms with E-state index in [4.69, 9.17) is 4.74 Å². The van der Waals surface area contributed by atoms with Gasteiger partial charge in [-0.25, -0.2) is 0 Å². The van der Waals surface area contributed by atoms with Gasteiger partial charge in [0.1, 0.15) is 5.75 Å². The molecule has 0 spiro atoms. The molecule has 1 N–H and O–H groups in total. The van der Waals surface area contributed by atoms with E-state index < -0.39 is 0 Å². The molecule has 24 heavy (non-hydrogen) atoms. The summed E-state index contributed by atoms with van der Waals surface area (Å²) in [5.74, 6) is 1.54. The second-order valence-corrected chi connectivity index (χ2v) is 6.66. The van der Waals surface area contributed by atoms with E-state index in [1.54, 1.807) is 7.11 Å². The fourth-order valence-electron chi connectivity index (χ4n) is 3.67. The highest BCUT2D eigenvalue weighted by molar-refractivity contribution is 5.30. The zero-order valence-corrected chi connectivity index (χ0v) is 14.8. The van der Waals surface area contributed by atoms with E-state index in [9.17, 15) is 0 Å². The van der Waals surface area contributed by atoms with Crippen LogP contribution in [0.4, 0.5) is 0 Å². The molecular weight excluding hydrogens is 298 g/mol. The minimum absolute atomic E-state index is 0.343. The van der Waals surface area contributed by atoms with Crippen molar-refractivity contribution in [1.82, 2.24) is 15.2 Å². The third kappa shape index (κ3) is 3.77. The number of aromatic nitrogens is 1. The number of likely N-dealkylation sites (tertiary alicyclic amines) is 1. The van der Waals surface area contributed by atoms with Gasteiger partial charge < -0.3 is 10.1 Å². The lowest BCUT2D eigenvalue weighted by Crippen LogP contribution is -2.30. The third-order valence-electron chi connectivity index (χ3n) is 5.12. The van der Waals surface area contributed by atoms with Gasteiger partial charge in [0.2, 0.25) is 0 Å². The molecule has 1 aromatic carbocycles. The molecule has 1 fully saturated rings. The van der Waals surface area contributed by atoms with Gasteiger partial charge >= 0.3 is 0 Å². The first-order chi connectivity index (χ1) is 11.7. The van der Waals surface area contributed by atoms with E-state index in [0.29, 0.717) is 18.0 Å². The van der Waals surface area contributed by atoms with Crippen molar-refractivity contribution in [1.29, 1.82) is 0 Å². The van der Waals surface area contributed by atoms with Crippen molar-refractivity contribution in [3.8, 4) is 5.75 Å².